The highest BCUT2D eigenvalue weighted by Crippen LogP contribution is 2.88. The summed E-state index contributed by atoms with van der Waals surface area (Å²) in [7, 11) is -4.33. The molecule has 5 aliphatic rings. The van der Waals surface area contributed by atoms with Crippen molar-refractivity contribution in [3.05, 3.63) is 43.1 Å². The first kappa shape index (κ1) is 37.6. The number of amides is 4. The first-order valence-corrected chi connectivity index (χ1v) is 20.8. The predicted octanol–water partition coefficient (Wildman–Crippen LogP) is 4.27. The zero-order chi connectivity index (χ0) is 38.4. The van der Waals surface area contributed by atoms with Crippen LogP contribution in [0.3, 0.4) is 0 Å². The molecule has 4 amide bonds. The molecule has 12 nitrogen and oxygen atoms in total. The van der Waals surface area contributed by atoms with Crippen molar-refractivity contribution in [3.8, 4) is 0 Å². The molecule has 6 atom stereocenters. The molecular weight excluding hydrogens is 693 g/mol. The van der Waals surface area contributed by atoms with Crippen molar-refractivity contribution >= 4 is 44.6 Å². The van der Waals surface area contributed by atoms with E-state index in [1.807, 2.05) is 20.8 Å². The number of carbonyl (C=O) groups is 4. The largest absolute Gasteiger partial charge is 0.360 e. The van der Waals surface area contributed by atoms with Gasteiger partial charge in [-0.15, -0.1) is 6.58 Å². The van der Waals surface area contributed by atoms with Crippen LogP contribution in [-0.2, 0) is 29.2 Å². The van der Waals surface area contributed by atoms with Crippen LogP contribution in [0, 0.1) is 33.5 Å². The number of aromatic amines is 1. The third-order valence-corrected chi connectivity index (χ3v) is 15.7. The van der Waals surface area contributed by atoms with Crippen LogP contribution >= 0.6 is 0 Å². The fraction of sp³-hybridized carbons (Fsp3) is 0.650. The summed E-state index contributed by atoms with van der Waals surface area (Å²) in [6, 6.07) is 3.90. The summed E-state index contributed by atoms with van der Waals surface area (Å²) in [6.45, 7) is 14.3. The Morgan fingerprint density at radius 1 is 1.02 bits per heavy atom. The SMILES string of the molecule is C=C[C@@H]1C[C@]1(NC(=O)[C@@H]1C[C@@]2(CN1C(=O)[C@@H](NC(=O)C(N)C1CCCCC1)C(C)(C)C)C(C)(C)C21CCC1)C(=O)NS(=O)(=O)c1cccc2cc[nH]c12. The van der Waals surface area contributed by atoms with Crippen LogP contribution in [0.25, 0.3) is 10.9 Å². The molecule has 0 radical (unpaired) electrons. The molecule has 6 N–H and O–H groups in total. The van der Waals surface area contributed by atoms with Crippen LogP contribution in [0.5, 0.6) is 0 Å². The Balaban J connectivity index is 1.16. The van der Waals surface area contributed by atoms with Gasteiger partial charge in [0, 0.05) is 29.5 Å². The fourth-order valence-electron chi connectivity index (χ4n) is 10.7. The maximum absolute atomic E-state index is 14.9. The standard InChI is InChI=1S/C40H56N6O6S/c1-7-26-21-40(26,35(50)45-53(51,52)28-16-11-15-25-17-20-42-30(25)28)44-32(47)27-22-39(37(5,6)38(39)18-12-19-38)23-46(27)34(49)31(36(2,3)4)43-33(48)29(41)24-13-9-8-10-14-24/h7,11,15-17,20,24,26-27,29,31,42H,1,8-10,12-14,18-19,21-23,41H2,2-6H3,(H,43,48)(H,44,47)(H,45,50)/t26-,27+,29?,31-,39-,40-/m1/s1. The van der Waals surface area contributed by atoms with E-state index in [0.717, 1.165) is 51.4 Å². The van der Waals surface area contributed by atoms with Gasteiger partial charge in [0.15, 0.2) is 0 Å². The average molecular weight is 749 g/mol. The molecule has 288 valence electrons. The lowest BCUT2D eigenvalue weighted by Gasteiger charge is -2.37. The van der Waals surface area contributed by atoms with Gasteiger partial charge in [-0.2, -0.15) is 0 Å². The second-order valence-electron chi connectivity index (χ2n) is 18.2. The van der Waals surface area contributed by atoms with Crippen molar-refractivity contribution < 1.29 is 27.6 Å². The molecule has 13 heteroatoms. The predicted molar refractivity (Wildman–Crippen MR) is 201 cm³/mol. The summed E-state index contributed by atoms with van der Waals surface area (Å²) < 4.78 is 29.4. The van der Waals surface area contributed by atoms with Gasteiger partial charge in [0.05, 0.1) is 11.6 Å². The summed E-state index contributed by atoms with van der Waals surface area (Å²) in [6.07, 6.45) is 11.8. The number of benzene rings is 1. The lowest BCUT2D eigenvalue weighted by molar-refractivity contribution is -0.145. The molecule has 7 rings (SSSR count). The van der Waals surface area contributed by atoms with Gasteiger partial charge in [0.2, 0.25) is 17.7 Å². The zero-order valence-corrected chi connectivity index (χ0v) is 32.5. The van der Waals surface area contributed by atoms with E-state index >= 15 is 0 Å². The lowest BCUT2D eigenvalue weighted by atomic mass is 9.73. The van der Waals surface area contributed by atoms with E-state index in [-0.39, 0.29) is 45.3 Å². The van der Waals surface area contributed by atoms with Crippen molar-refractivity contribution in [1.82, 2.24) is 25.2 Å². The number of carbonyl (C=O) groups excluding carboxylic acids is 4. The van der Waals surface area contributed by atoms with Gasteiger partial charge in [-0.3, -0.25) is 19.2 Å². The molecule has 4 aliphatic carbocycles. The minimum atomic E-state index is -4.33. The number of rotatable bonds is 10. The molecule has 1 aromatic carbocycles. The maximum atomic E-state index is 14.9. The molecule has 1 aromatic heterocycles. The number of H-pyrrole nitrogens is 1. The van der Waals surface area contributed by atoms with Crippen molar-refractivity contribution in [2.24, 2.45) is 39.2 Å². The smallest absolute Gasteiger partial charge is 0.266 e. The topological polar surface area (TPSA) is 184 Å². The molecule has 1 aliphatic heterocycles. The van der Waals surface area contributed by atoms with E-state index in [1.165, 1.54) is 6.07 Å². The van der Waals surface area contributed by atoms with Gasteiger partial charge in [0.1, 0.15) is 22.5 Å². The highest BCUT2D eigenvalue weighted by molar-refractivity contribution is 7.90. The van der Waals surface area contributed by atoms with Crippen molar-refractivity contribution in [1.29, 1.82) is 0 Å². The van der Waals surface area contributed by atoms with Gasteiger partial charge in [-0.1, -0.05) is 78.5 Å². The fourth-order valence-corrected chi connectivity index (χ4v) is 11.9. The Labute approximate surface area is 312 Å². The van der Waals surface area contributed by atoms with Crippen LogP contribution < -0.4 is 21.1 Å². The van der Waals surface area contributed by atoms with Gasteiger partial charge in [-0.05, 0) is 72.8 Å². The van der Waals surface area contributed by atoms with Crippen LogP contribution in [0.15, 0.2) is 48.0 Å². The molecule has 2 heterocycles. The number of aromatic nitrogens is 1. The number of nitrogens with zero attached hydrogens (tertiary/aromatic N) is 1. The third-order valence-electron chi connectivity index (χ3n) is 14.4. The van der Waals surface area contributed by atoms with Crippen LogP contribution in [0.4, 0.5) is 0 Å². The molecule has 5 fully saturated rings. The van der Waals surface area contributed by atoms with Gasteiger partial charge >= 0.3 is 0 Å². The molecule has 1 saturated heterocycles. The molecule has 0 bridgehead atoms. The van der Waals surface area contributed by atoms with Crippen LogP contribution in [0.1, 0.15) is 98.8 Å². The van der Waals surface area contributed by atoms with Gasteiger partial charge in [0.25, 0.3) is 15.9 Å². The van der Waals surface area contributed by atoms with Crippen molar-refractivity contribution in [2.45, 2.75) is 127 Å². The molecule has 2 spiro atoms. The first-order chi connectivity index (χ1) is 24.9. The number of para-hydroxylation sites is 1. The number of hydrogen-bond acceptors (Lipinski definition) is 7. The first-order valence-electron chi connectivity index (χ1n) is 19.3. The second kappa shape index (κ2) is 12.7. The number of nitrogens with one attached hydrogen (secondary N) is 4. The Bertz CT molecular complexity index is 1960. The molecular formula is C40H56N6O6S. The van der Waals surface area contributed by atoms with Crippen molar-refractivity contribution in [3.63, 3.8) is 0 Å². The van der Waals surface area contributed by atoms with E-state index in [2.05, 4.69) is 40.8 Å². The summed E-state index contributed by atoms with van der Waals surface area (Å²) in [4.78, 5) is 61.6. The Morgan fingerprint density at radius 2 is 1.72 bits per heavy atom. The average Bonchev–Trinajstić information content (AvgIpc) is 3.60. The van der Waals surface area contributed by atoms with E-state index in [4.69, 9.17) is 5.73 Å². The third kappa shape index (κ3) is 5.74. The van der Waals surface area contributed by atoms with Gasteiger partial charge < -0.3 is 26.3 Å². The maximum Gasteiger partial charge on any atom is 0.266 e. The van der Waals surface area contributed by atoms with E-state index < -0.39 is 56.8 Å². The zero-order valence-electron chi connectivity index (χ0n) is 31.7. The van der Waals surface area contributed by atoms with E-state index in [0.29, 0.717) is 23.9 Å². The Morgan fingerprint density at radius 3 is 2.30 bits per heavy atom. The minimum absolute atomic E-state index is 0.00256. The normalized spacial score (nSPS) is 30.0. The quantitative estimate of drug-likeness (QED) is 0.225. The molecule has 53 heavy (non-hydrogen) atoms. The summed E-state index contributed by atoms with van der Waals surface area (Å²) in [5, 5.41) is 6.64. The van der Waals surface area contributed by atoms with Crippen LogP contribution in [-0.4, -0.2) is 72.1 Å². The Hall–Kier alpha value is -3.71. The number of hydrogen-bond donors (Lipinski definition) is 5. The second-order valence-corrected chi connectivity index (χ2v) is 19.9. The Kier molecular flexibility index (Phi) is 8.99. The van der Waals surface area contributed by atoms with Crippen molar-refractivity contribution in [2.75, 3.05) is 6.54 Å². The molecule has 4 saturated carbocycles. The summed E-state index contributed by atoms with van der Waals surface area (Å²) >= 11 is 0. The number of likely N-dealkylation sites (tertiary alicyclic amines) is 1. The molecule has 1 unspecified atom stereocenters. The summed E-state index contributed by atoms with van der Waals surface area (Å²) in [5.74, 6) is -2.55. The number of fused-ring (bicyclic) bond motifs is 2. The number of sulfonamides is 1. The number of nitrogens with two attached hydrogens (primary N) is 1. The molecule has 2 aromatic rings. The minimum Gasteiger partial charge on any atom is -0.360 e. The van der Waals surface area contributed by atoms with Crippen LogP contribution in [0.2, 0.25) is 0 Å². The highest BCUT2D eigenvalue weighted by Gasteiger charge is 2.85. The monoisotopic (exact) mass is 748 g/mol. The lowest BCUT2D eigenvalue weighted by Crippen LogP contribution is -2.61. The summed E-state index contributed by atoms with van der Waals surface area (Å²) in [5.41, 5.74) is 4.18. The van der Waals surface area contributed by atoms with E-state index in [1.54, 1.807) is 35.4 Å². The van der Waals surface area contributed by atoms with E-state index in [9.17, 15) is 27.6 Å². The highest BCUT2D eigenvalue weighted by atomic mass is 32.2. The van der Waals surface area contributed by atoms with Gasteiger partial charge in [-0.25, -0.2) is 13.1 Å².